The van der Waals surface area contributed by atoms with Crippen LogP contribution < -0.4 is 9.80 Å². The van der Waals surface area contributed by atoms with Crippen molar-refractivity contribution in [3.8, 4) is 11.3 Å². The Bertz CT molecular complexity index is 641. The van der Waals surface area contributed by atoms with E-state index in [1.807, 2.05) is 18.2 Å². The number of morpholine rings is 1. The molecule has 0 saturated carbocycles. The van der Waals surface area contributed by atoms with Crippen LogP contribution >= 0.6 is 0 Å². The van der Waals surface area contributed by atoms with Crippen LogP contribution in [0.25, 0.3) is 11.3 Å². The number of ether oxygens (including phenoxy) is 1. The molecule has 1 aromatic carbocycles. The first kappa shape index (κ1) is 16.7. The Morgan fingerprint density at radius 2 is 1.88 bits per heavy atom. The van der Waals surface area contributed by atoms with Crippen molar-refractivity contribution >= 4 is 11.8 Å². The maximum Gasteiger partial charge on any atom is 0.228 e. The van der Waals surface area contributed by atoms with Crippen LogP contribution in [-0.4, -0.2) is 49.9 Å². The average molecular weight is 326 g/mol. The van der Waals surface area contributed by atoms with Crippen LogP contribution in [0.1, 0.15) is 19.8 Å². The summed E-state index contributed by atoms with van der Waals surface area (Å²) in [7, 11) is 2.11. The van der Waals surface area contributed by atoms with Crippen molar-refractivity contribution in [1.29, 1.82) is 0 Å². The molecule has 0 radical (unpaired) electrons. The number of unbranched alkanes of at least 4 members (excludes halogenated alkanes) is 1. The number of benzene rings is 1. The fourth-order valence-corrected chi connectivity index (χ4v) is 2.79. The van der Waals surface area contributed by atoms with Gasteiger partial charge in [-0.15, -0.1) is 0 Å². The van der Waals surface area contributed by atoms with Gasteiger partial charge >= 0.3 is 0 Å². The number of aromatic nitrogens is 2. The van der Waals surface area contributed by atoms with Crippen molar-refractivity contribution < 1.29 is 4.74 Å². The smallest absolute Gasteiger partial charge is 0.228 e. The summed E-state index contributed by atoms with van der Waals surface area (Å²) < 4.78 is 5.46. The van der Waals surface area contributed by atoms with Crippen molar-refractivity contribution in [2.24, 2.45) is 0 Å². The molecule has 0 bridgehead atoms. The van der Waals surface area contributed by atoms with Gasteiger partial charge in [-0.05, 0) is 6.42 Å². The average Bonchev–Trinajstić information content (AvgIpc) is 2.67. The summed E-state index contributed by atoms with van der Waals surface area (Å²) in [6, 6.07) is 12.4. The molecule has 5 heteroatoms. The molecule has 0 unspecified atom stereocenters. The molecular formula is C19H26N4O. The van der Waals surface area contributed by atoms with Crippen LogP contribution in [0.15, 0.2) is 36.4 Å². The molecule has 0 atom stereocenters. The SMILES string of the molecule is CCCCN(C)c1cc(-c2ccccc2)nc(N2CCOCC2)n1. The second-order valence-corrected chi connectivity index (χ2v) is 6.15. The van der Waals surface area contributed by atoms with Crippen LogP contribution in [0.4, 0.5) is 11.8 Å². The van der Waals surface area contributed by atoms with E-state index in [9.17, 15) is 0 Å². The number of hydrogen-bond donors (Lipinski definition) is 0. The van der Waals surface area contributed by atoms with E-state index in [1.54, 1.807) is 0 Å². The summed E-state index contributed by atoms with van der Waals surface area (Å²) in [5.74, 6) is 1.79. The molecule has 0 spiro atoms. The van der Waals surface area contributed by atoms with E-state index < -0.39 is 0 Å². The van der Waals surface area contributed by atoms with Gasteiger partial charge in [0.05, 0.1) is 18.9 Å². The van der Waals surface area contributed by atoms with E-state index in [4.69, 9.17) is 14.7 Å². The van der Waals surface area contributed by atoms with Crippen LogP contribution in [0, 0.1) is 0 Å². The van der Waals surface area contributed by atoms with Gasteiger partial charge in [0.1, 0.15) is 5.82 Å². The summed E-state index contributed by atoms with van der Waals surface area (Å²) in [5.41, 5.74) is 2.10. The summed E-state index contributed by atoms with van der Waals surface area (Å²) in [6.45, 7) is 6.37. The van der Waals surface area contributed by atoms with Gasteiger partial charge in [0.15, 0.2) is 0 Å². The first-order valence-corrected chi connectivity index (χ1v) is 8.76. The number of rotatable bonds is 6. The molecular weight excluding hydrogens is 300 g/mol. The number of nitrogens with zero attached hydrogens (tertiary/aromatic N) is 4. The molecule has 1 saturated heterocycles. The van der Waals surface area contributed by atoms with Gasteiger partial charge in [-0.1, -0.05) is 43.7 Å². The lowest BCUT2D eigenvalue weighted by atomic mass is 10.1. The Labute approximate surface area is 144 Å². The fraction of sp³-hybridized carbons (Fsp3) is 0.474. The number of hydrogen-bond acceptors (Lipinski definition) is 5. The standard InChI is InChI=1S/C19H26N4O/c1-3-4-10-22(2)18-15-17(16-8-6-5-7-9-16)20-19(21-18)23-11-13-24-14-12-23/h5-9,15H,3-4,10-14H2,1-2H3. The first-order chi connectivity index (χ1) is 11.8. The van der Waals surface area contributed by atoms with E-state index in [0.717, 1.165) is 62.3 Å². The first-order valence-electron chi connectivity index (χ1n) is 8.76. The van der Waals surface area contributed by atoms with Gasteiger partial charge in [0, 0.05) is 38.3 Å². The molecule has 0 aliphatic carbocycles. The van der Waals surface area contributed by atoms with E-state index >= 15 is 0 Å². The predicted molar refractivity (Wildman–Crippen MR) is 98.7 cm³/mol. The molecule has 3 rings (SSSR count). The van der Waals surface area contributed by atoms with Gasteiger partial charge in [-0.3, -0.25) is 0 Å². The van der Waals surface area contributed by atoms with Crippen LogP contribution in [0.5, 0.6) is 0 Å². The molecule has 1 fully saturated rings. The van der Waals surface area contributed by atoms with Crippen molar-refractivity contribution in [3.05, 3.63) is 36.4 Å². The minimum atomic E-state index is 0.736. The zero-order chi connectivity index (χ0) is 16.8. The summed E-state index contributed by atoms with van der Waals surface area (Å²) in [4.78, 5) is 14.1. The zero-order valence-electron chi connectivity index (χ0n) is 14.6. The van der Waals surface area contributed by atoms with Gasteiger partial charge < -0.3 is 14.5 Å². The maximum atomic E-state index is 5.46. The minimum absolute atomic E-state index is 0.736. The van der Waals surface area contributed by atoms with Gasteiger partial charge in [-0.25, -0.2) is 4.98 Å². The molecule has 128 valence electrons. The quantitative estimate of drug-likeness (QED) is 0.815. The van der Waals surface area contributed by atoms with Crippen LogP contribution in [-0.2, 0) is 4.74 Å². The highest BCUT2D eigenvalue weighted by atomic mass is 16.5. The third-order valence-electron chi connectivity index (χ3n) is 4.30. The number of anilines is 2. The van der Waals surface area contributed by atoms with Crippen molar-refractivity contribution in [3.63, 3.8) is 0 Å². The van der Waals surface area contributed by atoms with Gasteiger partial charge in [-0.2, -0.15) is 4.98 Å². The Morgan fingerprint density at radius 3 is 2.58 bits per heavy atom. The van der Waals surface area contributed by atoms with Crippen molar-refractivity contribution in [1.82, 2.24) is 9.97 Å². The lowest BCUT2D eigenvalue weighted by Gasteiger charge is -2.28. The Hall–Kier alpha value is -2.14. The van der Waals surface area contributed by atoms with Crippen LogP contribution in [0.3, 0.4) is 0 Å². The molecule has 24 heavy (non-hydrogen) atoms. The Kier molecular flexibility index (Phi) is 5.64. The largest absolute Gasteiger partial charge is 0.378 e. The third kappa shape index (κ3) is 4.03. The minimum Gasteiger partial charge on any atom is -0.378 e. The molecule has 0 N–H and O–H groups in total. The fourth-order valence-electron chi connectivity index (χ4n) is 2.79. The van der Waals surface area contributed by atoms with E-state index in [1.165, 1.54) is 6.42 Å². The Balaban J connectivity index is 1.95. The molecule has 1 aromatic heterocycles. The molecule has 2 heterocycles. The zero-order valence-corrected chi connectivity index (χ0v) is 14.6. The van der Waals surface area contributed by atoms with Crippen molar-refractivity contribution in [2.45, 2.75) is 19.8 Å². The predicted octanol–water partition coefficient (Wildman–Crippen LogP) is 3.22. The van der Waals surface area contributed by atoms with Crippen LogP contribution in [0.2, 0.25) is 0 Å². The summed E-state index contributed by atoms with van der Waals surface area (Å²) in [6.07, 6.45) is 2.34. The maximum absolute atomic E-state index is 5.46. The summed E-state index contributed by atoms with van der Waals surface area (Å²) >= 11 is 0. The lowest BCUT2D eigenvalue weighted by molar-refractivity contribution is 0.122. The van der Waals surface area contributed by atoms with Gasteiger partial charge in [0.2, 0.25) is 5.95 Å². The molecule has 2 aromatic rings. The van der Waals surface area contributed by atoms with Gasteiger partial charge in [0.25, 0.3) is 0 Å². The van der Waals surface area contributed by atoms with E-state index in [2.05, 4.69) is 42.0 Å². The topological polar surface area (TPSA) is 41.5 Å². The molecule has 1 aliphatic rings. The monoisotopic (exact) mass is 326 g/mol. The van der Waals surface area contributed by atoms with E-state index in [0.29, 0.717) is 0 Å². The highest BCUT2D eigenvalue weighted by Crippen LogP contribution is 2.25. The molecule has 5 nitrogen and oxygen atoms in total. The highest BCUT2D eigenvalue weighted by Gasteiger charge is 2.17. The second kappa shape index (κ2) is 8.11. The Morgan fingerprint density at radius 1 is 1.12 bits per heavy atom. The molecule has 0 amide bonds. The third-order valence-corrected chi connectivity index (χ3v) is 4.30. The van der Waals surface area contributed by atoms with E-state index in [-0.39, 0.29) is 0 Å². The van der Waals surface area contributed by atoms with Crippen molar-refractivity contribution in [2.75, 3.05) is 49.7 Å². The highest BCUT2D eigenvalue weighted by molar-refractivity contribution is 5.65. The second-order valence-electron chi connectivity index (χ2n) is 6.15. The summed E-state index contributed by atoms with van der Waals surface area (Å²) in [5, 5.41) is 0. The molecule has 1 aliphatic heterocycles. The lowest BCUT2D eigenvalue weighted by Crippen LogP contribution is -2.37. The normalized spacial score (nSPS) is 14.7.